The normalized spacial score (nSPS) is 11.0. The zero-order valence-electron chi connectivity index (χ0n) is 12.6. The first-order valence-corrected chi connectivity index (χ1v) is 7.01. The Kier molecular flexibility index (Phi) is 5.41. The summed E-state index contributed by atoms with van der Waals surface area (Å²) in [5.41, 5.74) is 2.51. The van der Waals surface area contributed by atoms with E-state index in [9.17, 15) is 14.9 Å². The monoisotopic (exact) mass is 308 g/mol. The van der Waals surface area contributed by atoms with Gasteiger partial charge in [-0.3, -0.25) is 14.9 Å². The number of nitro groups is 1. The van der Waals surface area contributed by atoms with E-state index in [-0.39, 0.29) is 11.6 Å². The number of hydrogen-bond donors (Lipinski definition) is 1. The van der Waals surface area contributed by atoms with Crippen molar-refractivity contribution >= 4 is 29.4 Å². The molecule has 1 amide bonds. The highest BCUT2D eigenvalue weighted by Crippen LogP contribution is 2.15. The van der Waals surface area contributed by atoms with Crippen molar-refractivity contribution in [1.29, 1.82) is 0 Å². The minimum absolute atomic E-state index is 0.0686. The lowest BCUT2D eigenvalue weighted by molar-refractivity contribution is -0.384. The number of hydrogen-bond acceptors (Lipinski definition) is 3. The van der Waals surface area contributed by atoms with Gasteiger partial charge in [0.25, 0.3) is 5.69 Å². The summed E-state index contributed by atoms with van der Waals surface area (Å²) >= 11 is 0. The fourth-order valence-electron chi connectivity index (χ4n) is 2.00. The molecule has 0 saturated carbocycles. The lowest BCUT2D eigenvalue weighted by atomic mass is 10.1. The van der Waals surface area contributed by atoms with Crippen molar-refractivity contribution in [2.24, 2.45) is 0 Å². The summed E-state index contributed by atoms with van der Waals surface area (Å²) in [4.78, 5) is 21.3. The molecular weight excluding hydrogens is 292 g/mol. The Bertz CT molecular complexity index is 779. The van der Waals surface area contributed by atoms with Crippen LogP contribution < -0.4 is 5.32 Å². The van der Waals surface area contributed by atoms with Crippen LogP contribution in [0.15, 0.2) is 60.7 Å². The van der Waals surface area contributed by atoms with Crippen LogP contribution in [-0.2, 0) is 4.79 Å². The van der Waals surface area contributed by atoms with E-state index < -0.39 is 4.92 Å². The Morgan fingerprint density at radius 1 is 1.04 bits per heavy atom. The zero-order chi connectivity index (χ0) is 16.7. The molecule has 5 nitrogen and oxygen atoms in total. The van der Waals surface area contributed by atoms with E-state index in [1.54, 1.807) is 18.2 Å². The quantitative estimate of drug-likeness (QED) is 0.509. The molecule has 116 valence electrons. The van der Waals surface area contributed by atoms with Gasteiger partial charge in [0, 0.05) is 24.7 Å². The fourth-order valence-corrected chi connectivity index (χ4v) is 2.00. The highest BCUT2D eigenvalue weighted by atomic mass is 16.6. The number of nitrogens with one attached hydrogen (secondary N) is 1. The molecule has 0 aromatic heterocycles. The molecule has 0 heterocycles. The molecule has 23 heavy (non-hydrogen) atoms. The van der Waals surface area contributed by atoms with Gasteiger partial charge in [0.15, 0.2) is 0 Å². The molecule has 1 N–H and O–H groups in total. The summed E-state index contributed by atoms with van der Waals surface area (Å²) in [7, 11) is 0. The van der Waals surface area contributed by atoms with Gasteiger partial charge >= 0.3 is 0 Å². The van der Waals surface area contributed by atoms with Gasteiger partial charge in [-0.15, -0.1) is 0 Å². The molecule has 0 aliphatic heterocycles. The summed E-state index contributed by atoms with van der Waals surface area (Å²) in [6.45, 7) is 1.46. The third-order valence-electron chi connectivity index (χ3n) is 2.98. The third kappa shape index (κ3) is 5.24. The summed E-state index contributed by atoms with van der Waals surface area (Å²) in [6.07, 6.45) is 7.33. The number of nitro benzene ring substituents is 1. The van der Waals surface area contributed by atoms with Crippen molar-refractivity contribution < 1.29 is 9.72 Å². The van der Waals surface area contributed by atoms with Crippen LogP contribution in [0.1, 0.15) is 18.1 Å². The van der Waals surface area contributed by atoms with Crippen LogP contribution in [0, 0.1) is 10.1 Å². The smallest absolute Gasteiger partial charge is 0.270 e. The van der Waals surface area contributed by atoms with Crippen molar-refractivity contribution in [3.8, 4) is 0 Å². The second-order valence-corrected chi connectivity index (χ2v) is 4.88. The Morgan fingerprint density at radius 3 is 2.26 bits per heavy atom. The molecule has 2 aromatic rings. The molecule has 0 atom stereocenters. The summed E-state index contributed by atoms with van der Waals surface area (Å²) in [5, 5.41) is 13.4. The van der Waals surface area contributed by atoms with Gasteiger partial charge in [-0.1, -0.05) is 48.6 Å². The molecule has 5 heteroatoms. The molecular formula is C18H16N2O3. The standard InChI is InChI=1S/C18H16N2O3/c1-14(21)19-17-10-4-8-15(12-17)6-2-3-7-16-9-5-11-18(13-16)20(22)23/h2-13H,1H3,(H,19,21)/b6-2+,7-3+. The maximum Gasteiger partial charge on any atom is 0.270 e. The highest BCUT2D eigenvalue weighted by Gasteiger charge is 2.03. The number of carbonyl (C=O) groups excluding carboxylic acids is 1. The van der Waals surface area contributed by atoms with Crippen LogP contribution in [0.4, 0.5) is 11.4 Å². The first-order valence-electron chi connectivity index (χ1n) is 7.01. The van der Waals surface area contributed by atoms with Gasteiger partial charge in [0.2, 0.25) is 5.91 Å². The van der Waals surface area contributed by atoms with Gasteiger partial charge in [-0.2, -0.15) is 0 Å². The van der Waals surface area contributed by atoms with Crippen LogP contribution in [0.2, 0.25) is 0 Å². The second kappa shape index (κ2) is 7.70. The SMILES string of the molecule is CC(=O)Nc1cccc(/C=C/C=C/c2cccc([N+](=O)[O-])c2)c1. The van der Waals surface area contributed by atoms with Gasteiger partial charge in [0.1, 0.15) is 0 Å². The van der Waals surface area contributed by atoms with Crippen LogP contribution in [0.25, 0.3) is 12.2 Å². The molecule has 0 aliphatic rings. The van der Waals surface area contributed by atoms with Crippen molar-refractivity contribution in [2.75, 3.05) is 5.32 Å². The molecule has 0 aliphatic carbocycles. The molecule has 0 unspecified atom stereocenters. The summed E-state index contributed by atoms with van der Waals surface area (Å²) < 4.78 is 0. The lowest BCUT2D eigenvalue weighted by Gasteiger charge is -2.02. The first kappa shape index (κ1) is 16.2. The minimum Gasteiger partial charge on any atom is -0.326 e. The van der Waals surface area contributed by atoms with Crippen molar-refractivity contribution in [3.63, 3.8) is 0 Å². The van der Waals surface area contributed by atoms with E-state index in [0.717, 1.165) is 16.8 Å². The van der Waals surface area contributed by atoms with Crippen LogP contribution in [0.5, 0.6) is 0 Å². The molecule has 0 saturated heterocycles. The molecule has 2 aromatic carbocycles. The second-order valence-electron chi connectivity index (χ2n) is 4.88. The minimum atomic E-state index is -0.416. The summed E-state index contributed by atoms with van der Waals surface area (Å²) in [6, 6.07) is 13.9. The van der Waals surface area contributed by atoms with E-state index in [1.807, 2.05) is 42.5 Å². The number of allylic oxidation sites excluding steroid dienone is 2. The van der Waals surface area contributed by atoms with Crippen molar-refractivity contribution in [1.82, 2.24) is 0 Å². The van der Waals surface area contributed by atoms with E-state index in [4.69, 9.17) is 0 Å². The average molecular weight is 308 g/mol. The number of non-ortho nitro benzene ring substituents is 1. The van der Waals surface area contributed by atoms with Crippen LogP contribution in [-0.4, -0.2) is 10.8 Å². The molecule has 2 rings (SSSR count). The molecule has 0 radical (unpaired) electrons. The maximum absolute atomic E-state index is 11.0. The fraction of sp³-hybridized carbons (Fsp3) is 0.0556. The lowest BCUT2D eigenvalue weighted by Crippen LogP contribution is -2.05. The molecule has 0 bridgehead atoms. The maximum atomic E-state index is 11.0. The average Bonchev–Trinajstić information content (AvgIpc) is 2.51. The largest absolute Gasteiger partial charge is 0.326 e. The van der Waals surface area contributed by atoms with E-state index >= 15 is 0 Å². The summed E-state index contributed by atoms with van der Waals surface area (Å²) in [5.74, 6) is -0.114. The van der Waals surface area contributed by atoms with Gasteiger partial charge < -0.3 is 5.32 Å². The van der Waals surface area contributed by atoms with E-state index in [2.05, 4.69) is 5.32 Å². The Labute approximate surface area is 134 Å². The third-order valence-corrected chi connectivity index (χ3v) is 2.98. The highest BCUT2D eigenvalue weighted by molar-refractivity contribution is 5.89. The molecule has 0 spiro atoms. The number of carbonyl (C=O) groups is 1. The van der Waals surface area contributed by atoms with Crippen molar-refractivity contribution in [3.05, 3.63) is 81.9 Å². The predicted octanol–water partition coefficient (Wildman–Crippen LogP) is 4.28. The van der Waals surface area contributed by atoms with E-state index in [0.29, 0.717) is 0 Å². The van der Waals surface area contributed by atoms with Gasteiger partial charge in [-0.05, 0) is 23.3 Å². The van der Waals surface area contributed by atoms with Crippen LogP contribution in [0.3, 0.4) is 0 Å². The predicted molar refractivity (Wildman–Crippen MR) is 91.9 cm³/mol. The number of rotatable bonds is 5. The van der Waals surface area contributed by atoms with Gasteiger partial charge in [-0.25, -0.2) is 0 Å². The first-order chi connectivity index (χ1) is 11.0. The Morgan fingerprint density at radius 2 is 1.65 bits per heavy atom. The van der Waals surface area contributed by atoms with E-state index in [1.165, 1.54) is 19.1 Å². The van der Waals surface area contributed by atoms with Crippen molar-refractivity contribution in [2.45, 2.75) is 6.92 Å². The number of amides is 1. The number of nitrogens with zero attached hydrogens (tertiary/aromatic N) is 1. The molecule has 0 fully saturated rings. The Balaban J connectivity index is 2.05. The number of anilines is 1. The van der Waals surface area contributed by atoms with Crippen LogP contribution >= 0.6 is 0 Å². The Hall–Kier alpha value is -3.21. The zero-order valence-corrected chi connectivity index (χ0v) is 12.6. The van der Waals surface area contributed by atoms with Gasteiger partial charge in [0.05, 0.1) is 4.92 Å². The topological polar surface area (TPSA) is 72.2 Å². The number of benzene rings is 2.